The quantitative estimate of drug-likeness (QED) is 0.798. The highest BCUT2D eigenvalue weighted by atomic mass is 35.5. The first kappa shape index (κ1) is 19.1. The summed E-state index contributed by atoms with van der Waals surface area (Å²) in [6.07, 6.45) is 1.12. The zero-order valence-electron chi connectivity index (χ0n) is 13.9. The lowest BCUT2D eigenvalue weighted by Gasteiger charge is -2.22. The van der Waals surface area contributed by atoms with E-state index in [9.17, 15) is 13.2 Å². The summed E-state index contributed by atoms with van der Waals surface area (Å²) in [4.78, 5) is 12.1. The molecule has 0 spiro atoms. The number of anilines is 1. The largest absolute Gasteiger partial charge is 0.497 e. The maximum absolute atomic E-state index is 12.1. The second-order valence-corrected chi connectivity index (χ2v) is 7.64. The van der Waals surface area contributed by atoms with Gasteiger partial charge in [-0.15, -0.1) is 0 Å². The average molecular weight is 383 g/mol. The molecule has 0 radical (unpaired) electrons. The van der Waals surface area contributed by atoms with E-state index in [0.717, 1.165) is 6.26 Å². The van der Waals surface area contributed by atoms with Crippen molar-refractivity contribution in [2.75, 3.05) is 30.8 Å². The van der Waals surface area contributed by atoms with Crippen molar-refractivity contribution in [2.24, 2.45) is 0 Å². The Morgan fingerprint density at radius 1 is 1.12 bits per heavy atom. The van der Waals surface area contributed by atoms with Crippen LogP contribution in [0.25, 0.3) is 0 Å². The van der Waals surface area contributed by atoms with Gasteiger partial charge in [0.15, 0.2) is 0 Å². The molecule has 0 aliphatic rings. The first-order valence-corrected chi connectivity index (χ1v) is 9.69. The number of amides is 1. The summed E-state index contributed by atoms with van der Waals surface area (Å²) in [5.41, 5.74) is 0.962. The van der Waals surface area contributed by atoms with Gasteiger partial charge in [0.1, 0.15) is 5.75 Å². The van der Waals surface area contributed by atoms with Gasteiger partial charge in [0, 0.05) is 17.1 Å². The van der Waals surface area contributed by atoms with Crippen LogP contribution >= 0.6 is 11.6 Å². The van der Waals surface area contributed by atoms with Gasteiger partial charge in [-0.3, -0.25) is 9.10 Å². The molecule has 0 bridgehead atoms. The Morgan fingerprint density at radius 2 is 1.72 bits per heavy atom. The predicted molar refractivity (Wildman–Crippen MR) is 99.0 cm³/mol. The molecule has 0 heterocycles. The van der Waals surface area contributed by atoms with E-state index in [1.165, 1.54) is 11.4 Å². The predicted octanol–water partition coefficient (Wildman–Crippen LogP) is 2.54. The van der Waals surface area contributed by atoms with Crippen LogP contribution in [0.4, 0.5) is 5.69 Å². The molecular formula is C17H19ClN2O4S. The Morgan fingerprint density at radius 3 is 2.24 bits per heavy atom. The third kappa shape index (κ3) is 5.37. The van der Waals surface area contributed by atoms with Crippen LogP contribution in [0, 0.1) is 0 Å². The number of benzene rings is 2. The van der Waals surface area contributed by atoms with Crippen molar-refractivity contribution in [3.63, 3.8) is 0 Å². The van der Waals surface area contributed by atoms with Gasteiger partial charge in [0.05, 0.1) is 25.6 Å². The lowest BCUT2D eigenvalue weighted by Crippen LogP contribution is -2.38. The summed E-state index contributed by atoms with van der Waals surface area (Å²) in [7, 11) is -1.94. The number of nitrogens with zero attached hydrogens (tertiary/aromatic N) is 1. The maximum Gasteiger partial charge on any atom is 0.251 e. The Labute approximate surface area is 152 Å². The fourth-order valence-electron chi connectivity index (χ4n) is 2.21. The number of hydrogen-bond donors (Lipinski definition) is 1. The van der Waals surface area contributed by atoms with E-state index in [2.05, 4.69) is 5.32 Å². The molecule has 2 rings (SSSR count). The van der Waals surface area contributed by atoms with E-state index in [1.807, 2.05) is 0 Å². The lowest BCUT2D eigenvalue weighted by atomic mass is 10.2. The molecule has 0 saturated heterocycles. The average Bonchev–Trinajstić information content (AvgIpc) is 2.58. The highest BCUT2D eigenvalue weighted by Gasteiger charge is 2.17. The van der Waals surface area contributed by atoms with Crippen molar-refractivity contribution in [1.29, 1.82) is 0 Å². The van der Waals surface area contributed by atoms with Crippen molar-refractivity contribution in [3.05, 3.63) is 59.1 Å². The molecule has 2 aromatic carbocycles. The summed E-state index contributed by atoms with van der Waals surface area (Å²) in [5, 5.41) is 3.24. The zero-order valence-corrected chi connectivity index (χ0v) is 15.5. The van der Waals surface area contributed by atoms with Gasteiger partial charge in [-0.1, -0.05) is 11.6 Å². The van der Waals surface area contributed by atoms with E-state index in [0.29, 0.717) is 22.0 Å². The standard InChI is InChI=1S/C17H19ClN2O4S/c1-24-16-9-7-15(8-10-16)20(25(2,22)23)12-11-19-17(21)13-3-5-14(18)6-4-13/h3-10H,11-12H2,1-2H3,(H,19,21). The molecule has 2 aromatic rings. The van der Waals surface area contributed by atoms with Crippen LogP contribution in [0.15, 0.2) is 48.5 Å². The summed E-state index contributed by atoms with van der Waals surface area (Å²) in [6.45, 7) is 0.283. The number of ether oxygens (including phenoxy) is 1. The van der Waals surface area contributed by atoms with Crippen molar-refractivity contribution in [1.82, 2.24) is 5.32 Å². The number of carbonyl (C=O) groups is 1. The zero-order chi connectivity index (χ0) is 18.4. The molecule has 134 valence electrons. The van der Waals surface area contributed by atoms with E-state index in [4.69, 9.17) is 16.3 Å². The van der Waals surface area contributed by atoms with Crippen LogP contribution in [-0.2, 0) is 10.0 Å². The van der Waals surface area contributed by atoms with Gasteiger partial charge >= 0.3 is 0 Å². The molecule has 8 heteroatoms. The van der Waals surface area contributed by atoms with Crippen molar-refractivity contribution >= 4 is 33.2 Å². The van der Waals surface area contributed by atoms with Crippen LogP contribution in [0.2, 0.25) is 5.02 Å². The number of halogens is 1. The normalized spacial score (nSPS) is 11.0. The van der Waals surface area contributed by atoms with Gasteiger partial charge in [-0.05, 0) is 48.5 Å². The minimum atomic E-state index is -3.48. The second kappa shape index (κ2) is 8.22. The van der Waals surface area contributed by atoms with Gasteiger partial charge in [-0.2, -0.15) is 0 Å². The fourth-order valence-corrected chi connectivity index (χ4v) is 3.26. The maximum atomic E-state index is 12.1. The fraction of sp³-hybridized carbons (Fsp3) is 0.235. The molecule has 0 unspecified atom stereocenters. The van der Waals surface area contributed by atoms with Crippen LogP contribution < -0.4 is 14.4 Å². The first-order valence-electron chi connectivity index (χ1n) is 7.47. The number of hydrogen-bond acceptors (Lipinski definition) is 4. The molecule has 1 amide bonds. The van der Waals surface area contributed by atoms with Crippen LogP contribution in [0.3, 0.4) is 0 Å². The second-order valence-electron chi connectivity index (χ2n) is 5.30. The molecule has 0 fully saturated rings. The molecule has 0 saturated carbocycles. The van der Waals surface area contributed by atoms with E-state index >= 15 is 0 Å². The summed E-state index contributed by atoms with van der Waals surface area (Å²) < 4.78 is 30.4. The molecule has 0 atom stereocenters. The SMILES string of the molecule is COc1ccc(N(CCNC(=O)c2ccc(Cl)cc2)S(C)(=O)=O)cc1. The van der Waals surface area contributed by atoms with E-state index < -0.39 is 10.0 Å². The number of nitrogens with one attached hydrogen (secondary N) is 1. The van der Waals surface area contributed by atoms with Gasteiger partial charge in [0.25, 0.3) is 5.91 Å². The molecule has 6 nitrogen and oxygen atoms in total. The molecule has 0 aliphatic carbocycles. The molecule has 25 heavy (non-hydrogen) atoms. The highest BCUT2D eigenvalue weighted by Crippen LogP contribution is 2.21. The van der Waals surface area contributed by atoms with Gasteiger partial charge in [0.2, 0.25) is 10.0 Å². The third-order valence-electron chi connectivity index (χ3n) is 3.47. The Bertz CT molecular complexity index is 821. The monoisotopic (exact) mass is 382 g/mol. The van der Waals surface area contributed by atoms with Crippen LogP contribution in [0.1, 0.15) is 10.4 Å². The summed E-state index contributed by atoms with van der Waals surface area (Å²) in [6, 6.07) is 13.1. The number of rotatable bonds is 7. The lowest BCUT2D eigenvalue weighted by molar-refractivity contribution is 0.0955. The summed E-state index contributed by atoms with van der Waals surface area (Å²) in [5.74, 6) is 0.341. The van der Waals surface area contributed by atoms with E-state index in [1.54, 1.807) is 48.5 Å². The smallest absolute Gasteiger partial charge is 0.251 e. The van der Waals surface area contributed by atoms with Crippen molar-refractivity contribution < 1.29 is 17.9 Å². The number of methoxy groups -OCH3 is 1. The molecule has 0 aromatic heterocycles. The first-order chi connectivity index (χ1) is 11.8. The summed E-state index contributed by atoms with van der Waals surface area (Å²) >= 11 is 5.79. The van der Waals surface area contributed by atoms with Crippen molar-refractivity contribution in [3.8, 4) is 5.75 Å². The molecular weight excluding hydrogens is 364 g/mol. The molecule has 1 N–H and O–H groups in total. The third-order valence-corrected chi connectivity index (χ3v) is 4.91. The number of carbonyl (C=O) groups excluding carboxylic acids is 1. The highest BCUT2D eigenvalue weighted by molar-refractivity contribution is 7.92. The Kier molecular flexibility index (Phi) is 6.27. The van der Waals surface area contributed by atoms with Crippen molar-refractivity contribution in [2.45, 2.75) is 0 Å². The Balaban J connectivity index is 2.03. The minimum Gasteiger partial charge on any atom is -0.497 e. The minimum absolute atomic E-state index is 0.116. The topological polar surface area (TPSA) is 75.7 Å². The van der Waals surface area contributed by atoms with Gasteiger partial charge in [-0.25, -0.2) is 8.42 Å². The molecule has 0 aliphatic heterocycles. The Hall–Kier alpha value is -2.25. The van der Waals surface area contributed by atoms with Gasteiger partial charge < -0.3 is 10.1 Å². The van der Waals surface area contributed by atoms with E-state index in [-0.39, 0.29) is 19.0 Å². The van der Waals surface area contributed by atoms with Crippen LogP contribution in [-0.4, -0.2) is 40.8 Å². The number of sulfonamides is 1. The van der Waals surface area contributed by atoms with Crippen LogP contribution in [0.5, 0.6) is 5.75 Å².